The summed E-state index contributed by atoms with van der Waals surface area (Å²) in [5, 5.41) is 6.92. The van der Waals surface area contributed by atoms with Crippen LogP contribution in [0.1, 0.15) is 29.0 Å². The van der Waals surface area contributed by atoms with Gasteiger partial charge < -0.3 is 29.6 Å². The lowest BCUT2D eigenvalue weighted by atomic mass is 10.0. The largest absolute Gasteiger partial charge is 0.495 e. The Kier molecular flexibility index (Phi) is 7.62. The van der Waals surface area contributed by atoms with E-state index in [9.17, 15) is 4.79 Å². The number of methoxy groups -OCH3 is 2. The average molecular weight is 529 g/mol. The lowest BCUT2D eigenvalue weighted by Gasteiger charge is -2.29. The van der Waals surface area contributed by atoms with Crippen LogP contribution in [0.25, 0.3) is 0 Å². The molecule has 1 aromatic carbocycles. The molecule has 1 saturated heterocycles. The lowest BCUT2D eigenvalue weighted by Crippen LogP contribution is -2.30. The highest BCUT2D eigenvalue weighted by atomic mass is 32.1. The van der Waals surface area contributed by atoms with Gasteiger partial charge in [0.25, 0.3) is 0 Å². The van der Waals surface area contributed by atoms with Crippen molar-refractivity contribution in [3.05, 3.63) is 102 Å². The van der Waals surface area contributed by atoms with E-state index in [2.05, 4.69) is 48.4 Å². The Morgan fingerprint density at radius 2 is 2.00 bits per heavy atom. The average Bonchev–Trinajstić information content (AvgIpc) is 3.53. The first-order valence-electron chi connectivity index (χ1n) is 12.1. The van der Waals surface area contributed by atoms with Gasteiger partial charge in [0.1, 0.15) is 18.4 Å². The van der Waals surface area contributed by atoms with Gasteiger partial charge in [-0.05, 0) is 66.3 Å². The molecule has 1 fully saturated rings. The van der Waals surface area contributed by atoms with E-state index in [0.29, 0.717) is 23.1 Å². The van der Waals surface area contributed by atoms with E-state index in [-0.39, 0.29) is 24.6 Å². The zero-order valence-corrected chi connectivity index (χ0v) is 21.9. The number of hydrogen-bond donors (Lipinski definition) is 2. The van der Waals surface area contributed by atoms with E-state index in [1.165, 1.54) is 7.11 Å². The summed E-state index contributed by atoms with van der Waals surface area (Å²) in [4.78, 5) is 23.3. The molecule has 10 heteroatoms. The molecule has 4 aromatic rings. The molecule has 9 nitrogen and oxygen atoms in total. The third-order valence-electron chi connectivity index (χ3n) is 6.35. The van der Waals surface area contributed by atoms with Crippen LogP contribution in [-0.4, -0.2) is 46.4 Å². The Morgan fingerprint density at radius 3 is 2.74 bits per heavy atom. The summed E-state index contributed by atoms with van der Waals surface area (Å²) < 4.78 is 12.7. The van der Waals surface area contributed by atoms with Crippen LogP contribution in [0, 0.1) is 0 Å². The predicted octanol–water partition coefficient (Wildman–Crippen LogP) is 4.10. The molecule has 0 spiro atoms. The number of hydrogen-bond acceptors (Lipinski definition) is 6. The highest BCUT2D eigenvalue weighted by molar-refractivity contribution is 7.80. The van der Waals surface area contributed by atoms with Crippen LogP contribution in [0.2, 0.25) is 0 Å². The fourth-order valence-electron chi connectivity index (χ4n) is 4.72. The number of carbonyl (C=O) groups excluding carboxylic acids is 1. The number of nitrogens with zero attached hydrogens (tertiary/aromatic N) is 4. The number of thiocarbonyl (C=S) groups is 1. The Labute approximate surface area is 226 Å². The third-order valence-corrected chi connectivity index (χ3v) is 6.67. The molecule has 194 valence electrons. The van der Waals surface area contributed by atoms with Gasteiger partial charge in [0, 0.05) is 49.8 Å². The molecule has 0 unspecified atom stereocenters. The standard InChI is InChI=1S/C28H28N6O3S/c1-36-18-25(35)31-22-15-20(10-11-24(22)37-2)34-27(26(32-28(34)38)21-8-3-4-13-30-21)23-9-6-14-33(23)17-19-7-5-12-29-16-19/h3-16,26-27H,17-18H2,1-2H3,(H,31,35)(H,32,38)/t26-,27+/m0/s1. The maximum Gasteiger partial charge on any atom is 0.250 e. The van der Waals surface area contributed by atoms with Crippen molar-refractivity contribution in [3.63, 3.8) is 0 Å². The first kappa shape index (κ1) is 25.4. The van der Waals surface area contributed by atoms with E-state index in [1.54, 1.807) is 19.5 Å². The molecule has 0 radical (unpaired) electrons. The van der Waals surface area contributed by atoms with Crippen molar-refractivity contribution in [2.24, 2.45) is 0 Å². The van der Waals surface area contributed by atoms with Crippen molar-refractivity contribution in [1.29, 1.82) is 0 Å². The fraction of sp³-hybridized carbons (Fsp3) is 0.214. The van der Waals surface area contributed by atoms with Gasteiger partial charge in [-0.25, -0.2) is 0 Å². The zero-order chi connectivity index (χ0) is 26.5. The van der Waals surface area contributed by atoms with Crippen LogP contribution in [-0.2, 0) is 16.1 Å². The van der Waals surface area contributed by atoms with E-state index in [1.807, 2.05) is 54.7 Å². The summed E-state index contributed by atoms with van der Waals surface area (Å²) in [6, 6.07) is 19.2. The summed E-state index contributed by atoms with van der Waals surface area (Å²) in [7, 11) is 3.04. The molecule has 0 aliphatic carbocycles. The minimum Gasteiger partial charge on any atom is -0.495 e. The Balaban J connectivity index is 1.58. The van der Waals surface area contributed by atoms with Crippen molar-refractivity contribution in [2.75, 3.05) is 31.0 Å². The number of pyridine rings is 2. The number of ether oxygens (including phenoxy) is 2. The van der Waals surface area contributed by atoms with Crippen LogP contribution in [0.4, 0.5) is 11.4 Å². The number of benzene rings is 1. The van der Waals surface area contributed by atoms with Gasteiger partial charge in [0.05, 0.1) is 24.5 Å². The van der Waals surface area contributed by atoms with Gasteiger partial charge >= 0.3 is 0 Å². The van der Waals surface area contributed by atoms with Crippen molar-refractivity contribution in [2.45, 2.75) is 18.6 Å². The van der Waals surface area contributed by atoms with Gasteiger partial charge in [-0.3, -0.25) is 14.8 Å². The predicted molar refractivity (Wildman–Crippen MR) is 149 cm³/mol. The second kappa shape index (κ2) is 11.4. The molecular formula is C28H28N6O3S. The number of amides is 1. The fourth-order valence-corrected chi connectivity index (χ4v) is 5.07. The highest BCUT2D eigenvalue weighted by Gasteiger charge is 2.42. The van der Waals surface area contributed by atoms with Crippen LogP contribution < -0.4 is 20.3 Å². The van der Waals surface area contributed by atoms with Crippen molar-refractivity contribution < 1.29 is 14.3 Å². The number of anilines is 2. The van der Waals surface area contributed by atoms with E-state index in [0.717, 1.165) is 22.6 Å². The molecule has 38 heavy (non-hydrogen) atoms. The highest BCUT2D eigenvalue weighted by Crippen LogP contribution is 2.43. The normalized spacial score (nSPS) is 16.8. The summed E-state index contributed by atoms with van der Waals surface area (Å²) in [5.41, 5.74) is 4.34. The molecule has 1 aliphatic rings. The molecular weight excluding hydrogens is 500 g/mol. The van der Waals surface area contributed by atoms with Gasteiger partial charge in [-0.1, -0.05) is 12.1 Å². The van der Waals surface area contributed by atoms with Gasteiger partial charge in [-0.15, -0.1) is 0 Å². The minimum atomic E-state index is -0.279. The first-order chi connectivity index (χ1) is 18.6. The zero-order valence-electron chi connectivity index (χ0n) is 21.1. The van der Waals surface area contributed by atoms with Crippen molar-refractivity contribution in [1.82, 2.24) is 19.9 Å². The van der Waals surface area contributed by atoms with Crippen molar-refractivity contribution >= 4 is 34.6 Å². The minimum absolute atomic E-state index is 0.0662. The summed E-state index contributed by atoms with van der Waals surface area (Å²) in [6.07, 6.45) is 7.48. The Hall–Kier alpha value is -4.28. The van der Waals surface area contributed by atoms with E-state index in [4.69, 9.17) is 21.7 Å². The van der Waals surface area contributed by atoms with Crippen LogP contribution in [0.5, 0.6) is 5.75 Å². The van der Waals surface area contributed by atoms with Gasteiger partial charge in [0.15, 0.2) is 5.11 Å². The molecule has 4 heterocycles. The van der Waals surface area contributed by atoms with Crippen LogP contribution >= 0.6 is 12.2 Å². The monoisotopic (exact) mass is 528 g/mol. The SMILES string of the molecule is COCC(=O)Nc1cc(N2C(=S)N[C@@H](c3ccccn3)[C@H]2c2cccn2Cc2cccnc2)ccc1OC. The molecule has 0 bridgehead atoms. The van der Waals surface area contributed by atoms with Gasteiger partial charge in [0.2, 0.25) is 5.91 Å². The topological polar surface area (TPSA) is 93.5 Å². The number of nitrogens with one attached hydrogen (secondary N) is 2. The van der Waals surface area contributed by atoms with E-state index >= 15 is 0 Å². The third kappa shape index (κ3) is 5.22. The second-order valence-electron chi connectivity index (χ2n) is 8.78. The maximum absolute atomic E-state index is 12.3. The smallest absolute Gasteiger partial charge is 0.250 e. The van der Waals surface area contributed by atoms with Crippen LogP contribution in [0.15, 0.2) is 85.5 Å². The number of rotatable bonds is 9. The summed E-state index contributed by atoms with van der Waals surface area (Å²) in [5.74, 6) is 0.257. The molecule has 1 aliphatic heterocycles. The Bertz CT molecular complexity index is 1410. The van der Waals surface area contributed by atoms with Gasteiger partial charge in [-0.2, -0.15) is 0 Å². The summed E-state index contributed by atoms with van der Waals surface area (Å²) in [6.45, 7) is 0.590. The molecule has 2 atom stereocenters. The summed E-state index contributed by atoms with van der Waals surface area (Å²) >= 11 is 5.89. The quantitative estimate of drug-likeness (QED) is 0.314. The van der Waals surface area contributed by atoms with E-state index < -0.39 is 0 Å². The molecule has 3 aromatic heterocycles. The maximum atomic E-state index is 12.3. The lowest BCUT2D eigenvalue weighted by molar-refractivity contribution is -0.119. The van der Waals surface area contributed by atoms with Crippen molar-refractivity contribution in [3.8, 4) is 5.75 Å². The second-order valence-corrected chi connectivity index (χ2v) is 9.17. The number of carbonyl (C=O) groups is 1. The molecule has 2 N–H and O–H groups in total. The Morgan fingerprint density at radius 1 is 1.11 bits per heavy atom. The van der Waals surface area contributed by atoms with Crippen LogP contribution in [0.3, 0.4) is 0 Å². The number of aromatic nitrogens is 3. The molecule has 5 rings (SSSR count). The molecule has 0 saturated carbocycles. The molecule has 1 amide bonds. The first-order valence-corrected chi connectivity index (χ1v) is 12.5.